The van der Waals surface area contributed by atoms with E-state index in [4.69, 9.17) is 9.47 Å². The number of carboxylic acids is 1. The molecule has 0 radical (unpaired) electrons. The summed E-state index contributed by atoms with van der Waals surface area (Å²) in [7, 11) is 1.55. The van der Waals surface area contributed by atoms with E-state index in [-0.39, 0.29) is 12.5 Å². The third-order valence-electron chi connectivity index (χ3n) is 4.59. The van der Waals surface area contributed by atoms with Gasteiger partial charge in [0.15, 0.2) is 11.5 Å². The minimum absolute atomic E-state index is 0.136. The highest BCUT2D eigenvalue weighted by Crippen LogP contribution is 2.32. The number of amides is 1. The highest BCUT2D eigenvalue weighted by atomic mass is 16.5. The summed E-state index contributed by atoms with van der Waals surface area (Å²) in [6.07, 6.45) is 4.69. The van der Waals surface area contributed by atoms with Crippen molar-refractivity contribution in [2.24, 2.45) is 0 Å². The topological polar surface area (TPSA) is 84.9 Å². The summed E-state index contributed by atoms with van der Waals surface area (Å²) in [6, 6.07) is 4.89. The molecular formula is C18H25NO5. The number of carbonyl (C=O) groups is 2. The molecule has 2 rings (SSSR count). The van der Waals surface area contributed by atoms with Gasteiger partial charge in [-0.2, -0.15) is 0 Å². The molecule has 0 heterocycles. The molecule has 1 amide bonds. The quantitative estimate of drug-likeness (QED) is 0.800. The summed E-state index contributed by atoms with van der Waals surface area (Å²) >= 11 is 0. The highest BCUT2D eigenvalue weighted by molar-refractivity contribution is 5.98. The lowest BCUT2D eigenvalue weighted by molar-refractivity contribution is -0.143. The minimum Gasteiger partial charge on any atom is -0.493 e. The van der Waals surface area contributed by atoms with Gasteiger partial charge in [0.2, 0.25) is 0 Å². The van der Waals surface area contributed by atoms with Crippen LogP contribution in [0.1, 0.15) is 56.3 Å². The minimum atomic E-state index is -1.30. The smallest absolute Gasteiger partial charge is 0.329 e. The summed E-state index contributed by atoms with van der Waals surface area (Å²) in [4.78, 5) is 23.8. The average molecular weight is 335 g/mol. The number of aliphatic carboxylic acids is 1. The number of nitrogens with one attached hydrogen (secondary N) is 1. The highest BCUT2D eigenvalue weighted by Gasteiger charge is 2.33. The predicted molar refractivity (Wildman–Crippen MR) is 89.7 cm³/mol. The Kier molecular flexibility index (Phi) is 5.70. The fraction of sp³-hybridized carbons (Fsp3) is 0.556. The molecule has 0 aliphatic heterocycles. The van der Waals surface area contributed by atoms with Crippen LogP contribution >= 0.6 is 0 Å². The molecule has 1 fully saturated rings. The zero-order valence-corrected chi connectivity index (χ0v) is 14.4. The van der Waals surface area contributed by atoms with Crippen molar-refractivity contribution in [2.75, 3.05) is 7.11 Å². The molecule has 1 aromatic rings. The van der Waals surface area contributed by atoms with Gasteiger partial charge in [-0.15, -0.1) is 0 Å². The normalized spacial score (nSPS) is 17.1. The molecule has 1 unspecified atom stereocenters. The Morgan fingerprint density at radius 1 is 1.29 bits per heavy atom. The molecule has 0 saturated heterocycles. The Balaban J connectivity index is 2.20. The largest absolute Gasteiger partial charge is 0.493 e. The maximum atomic E-state index is 12.4. The number of benzene rings is 1. The Labute approximate surface area is 142 Å². The van der Waals surface area contributed by atoms with Crippen LogP contribution in [0, 0.1) is 0 Å². The first-order valence-electron chi connectivity index (χ1n) is 8.30. The Morgan fingerprint density at radius 3 is 2.50 bits per heavy atom. The van der Waals surface area contributed by atoms with Gasteiger partial charge in [-0.05, 0) is 57.2 Å². The van der Waals surface area contributed by atoms with Crippen molar-refractivity contribution in [3.8, 4) is 11.5 Å². The fourth-order valence-corrected chi connectivity index (χ4v) is 2.71. The van der Waals surface area contributed by atoms with Crippen molar-refractivity contribution in [1.29, 1.82) is 0 Å². The second-order valence-electron chi connectivity index (χ2n) is 6.33. The Bertz CT molecular complexity index is 609. The first-order valence-corrected chi connectivity index (χ1v) is 8.30. The molecule has 24 heavy (non-hydrogen) atoms. The molecule has 1 saturated carbocycles. The SMILES string of the molecule is CCC(C)(NC(=O)c1ccc(OC)c(OC2CCCC2)c1)C(=O)O. The summed E-state index contributed by atoms with van der Waals surface area (Å²) in [5.41, 5.74) is -0.951. The molecule has 6 heteroatoms. The van der Waals surface area contributed by atoms with Gasteiger partial charge in [0.25, 0.3) is 5.91 Å². The van der Waals surface area contributed by atoms with Gasteiger partial charge < -0.3 is 19.9 Å². The van der Waals surface area contributed by atoms with Crippen LogP contribution in [0.2, 0.25) is 0 Å². The molecule has 2 N–H and O–H groups in total. The Morgan fingerprint density at radius 2 is 1.96 bits per heavy atom. The summed E-state index contributed by atoms with van der Waals surface area (Å²) in [5.74, 6) is -0.421. The molecule has 6 nitrogen and oxygen atoms in total. The molecule has 1 atom stereocenters. The molecule has 1 aliphatic rings. The zero-order chi connectivity index (χ0) is 17.7. The average Bonchev–Trinajstić information content (AvgIpc) is 3.07. The summed E-state index contributed by atoms with van der Waals surface area (Å²) < 4.78 is 11.3. The van der Waals surface area contributed by atoms with Crippen molar-refractivity contribution in [3.05, 3.63) is 23.8 Å². The second kappa shape index (κ2) is 7.55. The third-order valence-corrected chi connectivity index (χ3v) is 4.59. The molecule has 0 aromatic heterocycles. The van der Waals surface area contributed by atoms with Crippen LogP contribution in [0.5, 0.6) is 11.5 Å². The van der Waals surface area contributed by atoms with E-state index in [0.29, 0.717) is 17.1 Å². The van der Waals surface area contributed by atoms with E-state index in [1.165, 1.54) is 6.92 Å². The number of methoxy groups -OCH3 is 1. The van der Waals surface area contributed by atoms with E-state index in [1.54, 1.807) is 32.2 Å². The molecular weight excluding hydrogens is 310 g/mol. The Hall–Kier alpha value is -2.24. The standard InChI is InChI=1S/C18H25NO5/c1-4-18(2,17(21)22)19-16(20)12-9-10-14(23-3)15(11-12)24-13-7-5-6-8-13/h9-11,13H,4-8H2,1-3H3,(H,19,20)(H,21,22). The van der Waals surface area contributed by atoms with Crippen LogP contribution in [0.25, 0.3) is 0 Å². The van der Waals surface area contributed by atoms with Crippen LogP contribution < -0.4 is 14.8 Å². The lowest BCUT2D eigenvalue weighted by Crippen LogP contribution is -2.51. The fourth-order valence-electron chi connectivity index (χ4n) is 2.71. The zero-order valence-electron chi connectivity index (χ0n) is 14.4. The summed E-state index contributed by atoms with van der Waals surface area (Å²) in [6.45, 7) is 3.21. The molecule has 0 bridgehead atoms. The van der Waals surface area contributed by atoms with E-state index in [0.717, 1.165) is 25.7 Å². The van der Waals surface area contributed by atoms with Crippen molar-refractivity contribution in [2.45, 2.75) is 57.6 Å². The van der Waals surface area contributed by atoms with Crippen molar-refractivity contribution in [3.63, 3.8) is 0 Å². The van der Waals surface area contributed by atoms with Gasteiger partial charge in [-0.25, -0.2) is 4.79 Å². The number of hydrogen-bond acceptors (Lipinski definition) is 4. The lowest BCUT2D eigenvalue weighted by Gasteiger charge is -2.25. The number of carbonyl (C=O) groups excluding carboxylic acids is 1. The van der Waals surface area contributed by atoms with E-state index >= 15 is 0 Å². The van der Waals surface area contributed by atoms with E-state index in [2.05, 4.69) is 5.32 Å². The van der Waals surface area contributed by atoms with Crippen LogP contribution in [-0.4, -0.2) is 35.7 Å². The van der Waals surface area contributed by atoms with E-state index < -0.39 is 17.4 Å². The van der Waals surface area contributed by atoms with Crippen molar-refractivity contribution in [1.82, 2.24) is 5.32 Å². The first-order chi connectivity index (χ1) is 11.4. The molecule has 0 spiro atoms. The van der Waals surface area contributed by atoms with Crippen LogP contribution in [-0.2, 0) is 4.79 Å². The van der Waals surface area contributed by atoms with Gasteiger partial charge in [-0.1, -0.05) is 6.92 Å². The lowest BCUT2D eigenvalue weighted by atomic mass is 9.98. The number of carboxylic acid groups (broad SMARTS) is 1. The molecule has 132 valence electrons. The first kappa shape index (κ1) is 18.1. The number of ether oxygens (including phenoxy) is 2. The number of rotatable bonds is 7. The molecule has 1 aromatic carbocycles. The molecule has 1 aliphatic carbocycles. The van der Waals surface area contributed by atoms with Gasteiger partial charge >= 0.3 is 5.97 Å². The monoisotopic (exact) mass is 335 g/mol. The van der Waals surface area contributed by atoms with Crippen LogP contribution in [0.3, 0.4) is 0 Å². The third kappa shape index (κ3) is 3.99. The van der Waals surface area contributed by atoms with E-state index in [9.17, 15) is 14.7 Å². The predicted octanol–water partition coefficient (Wildman–Crippen LogP) is 3.00. The van der Waals surface area contributed by atoms with Crippen molar-refractivity contribution >= 4 is 11.9 Å². The van der Waals surface area contributed by atoms with Gasteiger partial charge in [-0.3, -0.25) is 4.79 Å². The summed E-state index contributed by atoms with van der Waals surface area (Å²) in [5, 5.41) is 11.9. The maximum absolute atomic E-state index is 12.4. The number of hydrogen-bond donors (Lipinski definition) is 2. The van der Waals surface area contributed by atoms with Gasteiger partial charge in [0.05, 0.1) is 13.2 Å². The van der Waals surface area contributed by atoms with Gasteiger partial charge in [0, 0.05) is 5.56 Å². The second-order valence-corrected chi connectivity index (χ2v) is 6.33. The van der Waals surface area contributed by atoms with Crippen LogP contribution in [0.15, 0.2) is 18.2 Å². The van der Waals surface area contributed by atoms with E-state index in [1.807, 2.05) is 0 Å². The van der Waals surface area contributed by atoms with Crippen LogP contribution in [0.4, 0.5) is 0 Å². The van der Waals surface area contributed by atoms with Gasteiger partial charge in [0.1, 0.15) is 5.54 Å². The maximum Gasteiger partial charge on any atom is 0.329 e. The van der Waals surface area contributed by atoms with Crippen molar-refractivity contribution < 1.29 is 24.2 Å².